The normalized spacial score (nSPS) is 10.3. The number of aromatic nitrogens is 2. The molecule has 2 N–H and O–H groups in total. The number of nitrogens with one attached hydrogen (secondary N) is 2. The second-order valence-corrected chi connectivity index (χ2v) is 6.69. The molecular weight excluding hydrogens is 368 g/mol. The Bertz CT molecular complexity index is 1080. The topological polar surface area (TPSA) is 93.2 Å². The van der Waals surface area contributed by atoms with Crippen molar-refractivity contribution in [1.82, 2.24) is 9.97 Å². The summed E-state index contributed by atoms with van der Waals surface area (Å²) in [5.41, 5.74) is 4.72. The molecule has 0 radical (unpaired) electrons. The van der Waals surface area contributed by atoms with E-state index in [1.165, 1.54) is 7.11 Å². The summed E-state index contributed by atoms with van der Waals surface area (Å²) in [6.45, 7) is 5.78. The first-order valence-electron chi connectivity index (χ1n) is 9.05. The number of rotatable bonds is 5. The van der Waals surface area contributed by atoms with E-state index in [1.807, 2.05) is 32.0 Å². The Morgan fingerprint density at radius 1 is 0.966 bits per heavy atom. The van der Waals surface area contributed by atoms with Crippen LogP contribution in [0.5, 0.6) is 0 Å². The van der Waals surface area contributed by atoms with E-state index in [2.05, 4.69) is 20.6 Å². The third-order valence-electron chi connectivity index (χ3n) is 4.27. The fourth-order valence-electron chi connectivity index (χ4n) is 2.77. The molecule has 0 atom stereocenters. The molecule has 1 aromatic heterocycles. The molecule has 0 saturated heterocycles. The van der Waals surface area contributed by atoms with Crippen molar-refractivity contribution in [1.29, 1.82) is 0 Å². The van der Waals surface area contributed by atoms with Crippen LogP contribution in [0.1, 0.15) is 37.7 Å². The van der Waals surface area contributed by atoms with E-state index in [-0.39, 0.29) is 5.69 Å². The third-order valence-corrected chi connectivity index (χ3v) is 4.27. The molecule has 7 nitrogen and oxygen atoms in total. The maximum atomic E-state index is 12.7. The summed E-state index contributed by atoms with van der Waals surface area (Å²) in [5, 5.41) is 5.93. The fourth-order valence-corrected chi connectivity index (χ4v) is 2.77. The van der Waals surface area contributed by atoms with Crippen LogP contribution < -0.4 is 10.6 Å². The maximum absolute atomic E-state index is 12.7. The number of carbonyl (C=O) groups is 2. The van der Waals surface area contributed by atoms with Crippen molar-refractivity contribution in [3.8, 4) is 0 Å². The number of aryl methyl sites for hydroxylation is 3. The lowest BCUT2D eigenvalue weighted by Crippen LogP contribution is -2.16. The minimum absolute atomic E-state index is 0.216. The van der Waals surface area contributed by atoms with E-state index in [1.54, 1.807) is 37.3 Å². The number of nitrogens with zero attached hydrogens (tertiary/aromatic N) is 2. The molecule has 0 aliphatic heterocycles. The minimum Gasteiger partial charge on any atom is -0.465 e. The van der Waals surface area contributed by atoms with Crippen molar-refractivity contribution in [3.63, 3.8) is 0 Å². The Kier molecular flexibility index (Phi) is 5.87. The standard InChI is InChI=1S/C22H22N4O3/c1-13-8-9-14(2)18(10-13)25-22-23-15(3)11-19(26-22)20(27)24-17-7-5-6-16(12-17)21(28)29-4/h5-12H,1-4H3,(H,24,27)(H,23,25,26). The zero-order valence-electron chi connectivity index (χ0n) is 16.7. The quantitative estimate of drug-likeness (QED) is 0.635. The first kappa shape index (κ1) is 20.0. The zero-order chi connectivity index (χ0) is 21.0. The molecule has 1 amide bonds. The van der Waals surface area contributed by atoms with Gasteiger partial charge in [-0.1, -0.05) is 18.2 Å². The Morgan fingerprint density at radius 2 is 1.76 bits per heavy atom. The summed E-state index contributed by atoms with van der Waals surface area (Å²) >= 11 is 0. The Labute approximate surface area is 169 Å². The number of benzene rings is 2. The van der Waals surface area contributed by atoms with Crippen LogP contribution in [0.3, 0.4) is 0 Å². The molecule has 0 aliphatic carbocycles. The molecule has 3 aromatic rings. The molecule has 7 heteroatoms. The largest absolute Gasteiger partial charge is 0.465 e. The molecule has 0 fully saturated rings. The molecule has 1 heterocycles. The predicted molar refractivity (Wildman–Crippen MR) is 112 cm³/mol. The van der Waals surface area contributed by atoms with Crippen LogP contribution in [0.4, 0.5) is 17.3 Å². The molecule has 3 rings (SSSR count). The number of amides is 1. The summed E-state index contributed by atoms with van der Waals surface area (Å²) in [7, 11) is 1.31. The van der Waals surface area contributed by atoms with E-state index in [9.17, 15) is 9.59 Å². The molecule has 0 unspecified atom stereocenters. The smallest absolute Gasteiger partial charge is 0.337 e. The van der Waals surface area contributed by atoms with Crippen LogP contribution in [0.25, 0.3) is 0 Å². The van der Waals surface area contributed by atoms with Crippen LogP contribution in [0.15, 0.2) is 48.5 Å². The van der Waals surface area contributed by atoms with Gasteiger partial charge >= 0.3 is 5.97 Å². The molecular formula is C22H22N4O3. The van der Waals surface area contributed by atoms with Crippen molar-refractivity contribution >= 4 is 29.2 Å². The van der Waals surface area contributed by atoms with E-state index in [4.69, 9.17) is 4.74 Å². The van der Waals surface area contributed by atoms with Gasteiger partial charge in [0.25, 0.3) is 5.91 Å². The Balaban J connectivity index is 1.83. The van der Waals surface area contributed by atoms with Gasteiger partial charge in [0.2, 0.25) is 5.95 Å². The summed E-state index contributed by atoms with van der Waals surface area (Å²) in [6, 6.07) is 14.2. The predicted octanol–water partition coefficient (Wildman–Crippen LogP) is 4.18. The van der Waals surface area contributed by atoms with Gasteiger partial charge in [-0.3, -0.25) is 4.79 Å². The summed E-state index contributed by atoms with van der Waals surface area (Å²) in [5.74, 6) is -0.535. The summed E-state index contributed by atoms with van der Waals surface area (Å²) < 4.78 is 4.71. The number of carbonyl (C=O) groups excluding carboxylic acids is 2. The van der Waals surface area contributed by atoms with Crippen LogP contribution in [-0.2, 0) is 4.74 Å². The van der Waals surface area contributed by atoms with E-state index in [0.717, 1.165) is 16.8 Å². The van der Waals surface area contributed by atoms with Crippen molar-refractivity contribution < 1.29 is 14.3 Å². The Hall–Kier alpha value is -3.74. The van der Waals surface area contributed by atoms with Gasteiger partial charge in [0.1, 0.15) is 5.69 Å². The molecule has 0 spiro atoms. The number of hydrogen-bond donors (Lipinski definition) is 2. The van der Waals surface area contributed by atoms with Gasteiger partial charge in [0.15, 0.2) is 0 Å². The van der Waals surface area contributed by atoms with Crippen LogP contribution in [0, 0.1) is 20.8 Å². The highest BCUT2D eigenvalue weighted by Crippen LogP contribution is 2.20. The second kappa shape index (κ2) is 8.52. The lowest BCUT2D eigenvalue weighted by molar-refractivity contribution is 0.0600. The second-order valence-electron chi connectivity index (χ2n) is 6.69. The van der Waals surface area contributed by atoms with Crippen molar-refractivity contribution in [2.24, 2.45) is 0 Å². The molecule has 0 bridgehead atoms. The van der Waals surface area contributed by atoms with Gasteiger partial charge in [-0.15, -0.1) is 0 Å². The van der Waals surface area contributed by atoms with E-state index < -0.39 is 11.9 Å². The van der Waals surface area contributed by atoms with Crippen LogP contribution in [0.2, 0.25) is 0 Å². The minimum atomic E-state index is -0.473. The number of esters is 1. The van der Waals surface area contributed by atoms with Gasteiger partial charge < -0.3 is 15.4 Å². The van der Waals surface area contributed by atoms with Crippen molar-refractivity contribution in [2.45, 2.75) is 20.8 Å². The average molecular weight is 390 g/mol. The fraction of sp³-hybridized carbons (Fsp3) is 0.182. The SMILES string of the molecule is COC(=O)c1cccc(NC(=O)c2cc(C)nc(Nc3cc(C)ccc3C)n2)c1. The third kappa shape index (κ3) is 4.95. The van der Waals surface area contributed by atoms with Crippen LogP contribution in [-0.4, -0.2) is 29.0 Å². The average Bonchev–Trinajstić information content (AvgIpc) is 2.70. The lowest BCUT2D eigenvalue weighted by atomic mass is 10.1. The Morgan fingerprint density at radius 3 is 2.52 bits per heavy atom. The van der Waals surface area contributed by atoms with Crippen molar-refractivity contribution in [3.05, 3.63) is 76.6 Å². The molecule has 148 valence electrons. The van der Waals surface area contributed by atoms with Gasteiger partial charge in [-0.2, -0.15) is 0 Å². The van der Waals surface area contributed by atoms with Gasteiger partial charge in [0, 0.05) is 17.1 Å². The lowest BCUT2D eigenvalue weighted by Gasteiger charge is -2.11. The molecule has 29 heavy (non-hydrogen) atoms. The highest BCUT2D eigenvalue weighted by molar-refractivity contribution is 6.03. The monoisotopic (exact) mass is 390 g/mol. The highest BCUT2D eigenvalue weighted by atomic mass is 16.5. The summed E-state index contributed by atoms with van der Waals surface area (Å²) in [4.78, 5) is 33.1. The van der Waals surface area contributed by atoms with Gasteiger partial charge in [0.05, 0.1) is 12.7 Å². The number of methoxy groups -OCH3 is 1. The molecule has 0 saturated carbocycles. The van der Waals surface area contributed by atoms with Gasteiger partial charge in [-0.25, -0.2) is 14.8 Å². The summed E-state index contributed by atoms with van der Waals surface area (Å²) in [6.07, 6.45) is 0. The first-order chi connectivity index (χ1) is 13.9. The van der Waals surface area contributed by atoms with Gasteiger partial charge in [-0.05, 0) is 62.2 Å². The van der Waals surface area contributed by atoms with E-state index >= 15 is 0 Å². The molecule has 0 aliphatic rings. The number of ether oxygens (including phenoxy) is 1. The highest BCUT2D eigenvalue weighted by Gasteiger charge is 2.13. The number of hydrogen-bond acceptors (Lipinski definition) is 6. The zero-order valence-corrected chi connectivity index (χ0v) is 16.7. The first-order valence-corrected chi connectivity index (χ1v) is 9.05. The molecule has 2 aromatic carbocycles. The van der Waals surface area contributed by atoms with Crippen molar-refractivity contribution in [2.75, 3.05) is 17.7 Å². The number of anilines is 3. The maximum Gasteiger partial charge on any atom is 0.337 e. The van der Waals surface area contributed by atoms with Crippen LogP contribution >= 0.6 is 0 Å². The van der Waals surface area contributed by atoms with E-state index in [0.29, 0.717) is 22.9 Å².